The van der Waals surface area contributed by atoms with Gasteiger partial charge >= 0.3 is 0 Å². The average Bonchev–Trinajstić information content (AvgIpc) is 3.23. The van der Waals surface area contributed by atoms with E-state index in [-0.39, 0.29) is 0 Å². The molecule has 0 unspecified atom stereocenters. The molecular weight excluding hydrogens is 386 g/mol. The summed E-state index contributed by atoms with van der Waals surface area (Å²) in [6.45, 7) is 5.52. The zero-order valence-electron chi connectivity index (χ0n) is 17.8. The zero-order chi connectivity index (χ0) is 21.0. The summed E-state index contributed by atoms with van der Waals surface area (Å²) in [4.78, 5) is 7.01. The highest BCUT2D eigenvalue weighted by Gasteiger charge is 2.17. The van der Waals surface area contributed by atoms with E-state index in [2.05, 4.69) is 63.1 Å². The van der Waals surface area contributed by atoms with E-state index in [9.17, 15) is 0 Å². The highest BCUT2D eigenvalue weighted by Crippen LogP contribution is 2.36. The molecule has 2 aromatic heterocycles. The Balaban J connectivity index is 1.55. The van der Waals surface area contributed by atoms with Crippen LogP contribution in [-0.2, 0) is 11.3 Å². The van der Waals surface area contributed by atoms with Gasteiger partial charge in [0.25, 0.3) is 0 Å². The summed E-state index contributed by atoms with van der Waals surface area (Å²) >= 11 is 0. The molecular formula is C26H27N3O2. The lowest BCUT2D eigenvalue weighted by atomic mass is 10.0. The maximum absolute atomic E-state index is 5.73. The number of hydrogen-bond donors (Lipinski definition) is 0. The van der Waals surface area contributed by atoms with Gasteiger partial charge in [-0.1, -0.05) is 42.5 Å². The molecule has 1 saturated heterocycles. The standard InChI is InChI=1S/C26H27N3O2/c1-30-25-9-5-8-23-24(19-29(26(23)25)11-10-28-12-14-31-15-13-28)22-16-21(17-27-18-22)20-6-3-2-4-7-20/h2-9,16-19H,10-15H2,1H3. The van der Waals surface area contributed by atoms with Gasteiger partial charge in [-0.2, -0.15) is 0 Å². The van der Waals surface area contributed by atoms with Crippen molar-refractivity contribution in [2.75, 3.05) is 40.0 Å². The molecule has 0 amide bonds. The third-order valence-electron chi connectivity index (χ3n) is 6.00. The summed E-state index contributed by atoms with van der Waals surface area (Å²) in [5.41, 5.74) is 5.73. The Morgan fingerprint density at radius 2 is 1.71 bits per heavy atom. The van der Waals surface area contributed by atoms with E-state index in [0.717, 1.165) is 61.8 Å². The Kier molecular flexibility index (Phi) is 5.69. The van der Waals surface area contributed by atoms with Crippen molar-refractivity contribution >= 4 is 10.9 Å². The maximum atomic E-state index is 5.73. The molecule has 5 heteroatoms. The van der Waals surface area contributed by atoms with Gasteiger partial charge in [-0.25, -0.2) is 0 Å². The lowest BCUT2D eigenvalue weighted by Gasteiger charge is -2.26. The molecule has 0 N–H and O–H groups in total. The number of pyridine rings is 1. The molecule has 0 saturated carbocycles. The number of para-hydroxylation sites is 1. The van der Waals surface area contributed by atoms with Crippen molar-refractivity contribution in [1.82, 2.24) is 14.5 Å². The molecule has 0 bridgehead atoms. The third-order valence-corrected chi connectivity index (χ3v) is 6.00. The van der Waals surface area contributed by atoms with Crippen LogP contribution in [0.3, 0.4) is 0 Å². The molecule has 0 radical (unpaired) electrons. The molecule has 0 aliphatic carbocycles. The van der Waals surface area contributed by atoms with Crippen LogP contribution in [0.5, 0.6) is 5.75 Å². The second-order valence-electron chi connectivity index (χ2n) is 7.87. The Morgan fingerprint density at radius 1 is 0.903 bits per heavy atom. The van der Waals surface area contributed by atoms with E-state index in [1.54, 1.807) is 7.11 Å². The van der Waals surface area contributed by atoms with Crippen molar-refractivity contribution in [3.63, 3.8) is 0 Å². The lowest BCUT2D eigenvalue weighted by molar-refractivity contribution is 0.0365. The molecule has 2 aromatic carbocycles. The minimum Gasteiger partial charge on any atom is -0.495 e. The summed E-state index contributed by atoms with van der Waals surface area (Å²) in [5.74, 6) is 0.901. The molecule has 1 aliphatic heterocycles. The zero-order valence-corrected chi connectivity index (χ0v) is 17.8. The van der Waals surface area contributed by atoms with Crippen LogP contribution < -0.4 is 4.74 Å². The van der Waals surface area contributed by atoms with Gasteiger partial charge in [-0.15, -0.1) is 0 Å². The number of morpholine rings is 1. The van der Waals surface area contributed by atoms with E-state index >= 15 is 0 Å². The van der Waals surface area contributed by atoms with E-state index in [1.807, 2.05) is 24.5 Å². The highest BCUT2D eigenvalue weighted by molar-refractivity contribution is 5.99. The van der Waals surface area contributed by atoms with Crippen molar-refractivity contribution in [2.24, 2.45) is 0 Å². The first-order valence-corrected chi connectivity index (χ1v) is 10.8. The van der Waals surface area contributed by atoms with E-state index in [1.165, 1.54) is 16.5 Å². The topological polar surface area (TPSA) is 39.5 Å². The molecule has 5 nitrogen and oxygen atoms in total. The number of rotatable bonds is 6. The van der Waals surface area contributed by atoms with Gasteiger partial charge < -0.3 is 14.0 Å². The number of aromatic nitrogens is 2. The molecule has 1 aliphatic rings. The second-order valence-corrected chi connectivity index (χ2v) is 7.87. The summed E-state index contributed by atoms with van der Waals surface area (Å²) in [5, 5.41) is 1.19. The second kappa shape index (κ2) is 8.92. The van der Waals surface area contributed by atoms with Gasteiger partial charge in [0, 0.05) is 66.8 Å². The fraction of sp³-hybridized carbons (Fsp3) is 0.269. The Morgan fingerprint density at radius 3 is 2.52 bits per heavy atom. The van der Waals surface area contributed by atoms with Crippen LogP contribution in [0.4, 0.5) is 0 Å². The number of benzene rings is 2. The molecule has 0 atom stereocenters. The number of fused-ring (bicyclic) bond motifs is 1. The van der Waals surface area contributed by atoms with Crippen molar-refractivity contribution in [2.45, 2.75) is 6.54 Å². The molecule has 1 fully saturated rings. The van der Waals surface area contributed by atoms with Crippen LogP contribution in [-0.4, -0.2) is 54.4 Å². The van der Waals surface area contributed by atoms with Gasteiger partial charge in [-0.3, -0.25) is 9.88 Å². The fourth-order valence-electron chi connectivity index (χ4n) is 4.35. The molecule has 31 heavy (non-hydrogen) atoms. The first-order valence-electron chi connectivity index (χ1n) is 10.8. The van der Waals surface area contributed by atoms with E-state index in [0.29, 0.717) is 0 Å². The predicted octanol–water partition coefficient (Wildman–Crippen LogP) is 4.71. The van der Waals surface area contributed by atoms with Crippen molar-refractivity contribution in [3.05, 3.63) is 73.2 Å². The minimum atomic E-state index is 0.818. The fourth-order valence-corrected chi connectivity index (χ4v) is 4.35. The molecule has 3 heterocycles. The summed E-state index contributed by atoms with van der Waals surface area (Å²) in [6.07, 6.45) is 6.13. The third kappa shape index (κ3) is 4.07. The maximum Gasteiger partial charge on any atom is 0.143 e. The summed E-state index contributed by atoms with van der Waals surface area (Å²) in [6, 6.07) is 18.9. The molecule has 5 rings (SSSR count). The average molecular weight is 414 g/mol. The van der Waals surface area contributed by atoms with Crippen LogP contribution in [0.15, 0.2) is 73.2 Å². The Labute approximate surface area is 182 Å². The Hall–Kier alpha value is -3.15. The van der Waals surface area contributed by atoms with Gasteiger partial charge in [-0.05, 0) is 17.7 Å². The van der Waals surface area contributed by atoms with Crippen LogP contribution in [0.1, 0.15) is 0 Å². The van der Waals surface area contributed by atoms with Gasteiger partial charge in [0.2, 0.25) is 0 Å². The number of nitrogens with zero attached hydrogens (tertiary/aromatic N) is 3. The number of hydrogen-bond acceptors (Lipinski definition) is 4. The van der Waals surface area contributed by atoms with Gasteiger partial charge in [0.05, 0.1) is 25.8 Å². The van der Waals surface area contributed by atoms with Crippen molar-refractivity contribution in [3.8, 4) is 28.0 Å². The first-order chi connectivity index (χ1) is 15.3. The smallest absolute Gasteiger partial charge is 0.143 e. The minimum absolute atomic E-state index is 0.818. The highest BCUT2D eigenvalue weighted by atomic mass is 16.5. The van der Waals surface area contributed by atoms with Crippen LogP contribution in [0, 0.1) is 0 Å². The van der Waals surface area contributed by atoms with Crippen LogP contribution >= 0.6 is 0 Å². The SMILES string of the molecule is COc1cccc2c(-c3cncc(-c4ccccc4)c3)cn(CCN3CCOCC3)c12. The summed E-state index contributed by atoms with van der Waals surface area (Å²) in [7, 11) is 1.74. The monoisotopic (exact) mass is 413 g/mol. The quantitative estimate of drug-likeness (QED) is 0.459. The largest absolute Gasteiger partial charge is 0.495 e. The van der Waals surface area contributed by atoms with Gasteiger partial charge in [0.1, 0.15) is 5.75 Å². The predicted molar refractivity (Wildman–Crippen MR) is 124 cm³/mol. The van der Waals surface area contributed by atoms with Crippen molar-refractivity contribution in [1.29, 1.82) is 0 Å². The first kappa shape index (κ1) is 19.8. The van der Waals surface area contributed by atoms with E-state index in [4.69, 9.17) is 9.47 Å². The van der Waals surface area contributed by atoms with Crippen LogP contribution in [0.25, 0.3) is 33.2 Å². The van der Waals surface area contributed by atoms with Crippen molar-refractivity contribution < 1.29 is 9.47 Å². The van der Waals surface area contributed by atoms with Crippen LogP contribution in [0.2, 0.25) is 0 Å². The summed E-state index contributed by atoms with van der Waals surface area (Å²) < 4.78 is 13.6. The molecule has 158 valence electrons. The van der Waals surface area contributed by atoms with Gasteiger partial charge in [0.15, 0.2) is 0 Å². The number of ether oxygens (including phenoxy) is 2. The number of methoxy groups -OCH3 is 1. The lowest BCUT2D eigenvalue weighted by Crippen LogP contribution is -2.38. The molecule has 0 spiro atoms. The normalized spacial score (nSPS) is 14.7. The molecule has 4 aromatic rings. The Bertz CT molecular complexity index is 1160. The van der Waals surface area contributed by atoms with E-state index < -0.39 is 0 Å².